The Hall–Kier alpha value is -1.62. The highest BCUT2D eigenvalue weighted by Gasteiger charge is 2.67. The SMILES string of the molecule is O=C(O)NCC1(c2ccccc2F)[C@@H]2CNC[C@@H]21. The third-order valence-electron chi connectivity index (χ3n) is 4.34. The summed E-state index contributed by atoms with van der Waals surface area (Å²) in [6, 6.07) is 6.69. The lowest BCUT2D eigenvalue weighted by Crippen LogP contribution is -2.37. The first kappa shape index (κ1) is 11.5. The average Bonchev–Trinajstić information content (AvgIpc) is 2.73. The molecule has 1 aromatic carbocycles. The van der Waals surface area contributed by atoms with Gasteiger partial charge in [0.15, 0.2) is 0 Å². The average molecular weight is 250 g/mol. The van der Waals surface area contributed by atoms with Crippen molar-refractivity contribution in [2.45, 2.75) is 5.41 Å². The number of fused-ring (bicyclic) bond motifs is 1. The molecule has 0 radical (unpaired) electrons. The highest BCUT2D eigenvalue weighted by atomic mass is 19.1. The maximum absolute atomic E-state index is 14.0. The molecule has 3 atom stereocenters. The number of nitrogens with one attached hydrogen (secondary N) is 2. The topological polar surface area (TPSA) is 61.4 Å². The van der Waals surface area contributed by atoms with Gasteiger partial charge in [0.05, 0.1) is 0 Å². The minimum Gasteiger partial charge on any atom is -0.465 e. The monoisotopic (exact) mass is 250 g/mol. The standard InChI is InChI=1S/C13H15FN2O2/c14-11-4-2-1-3-8(11)13(7-16-12(17)18)9-5-15-6-10(9)13/h1-4,9-10,15-16H,5-7H2,(H,17,18)/t9-,10+,13?. The number of halogens is 1. The largest absolute Gasteiger partial charge is 0.465 e. The zero-order valence-electron chi connectivity index (χ0n) is 9.82. The Bertz CT molecular complexity index is 482. The lowest BCUT2D eigenvalue weighted by Gasteiger charge is -2.22. The van der Waals surface area contributed by atoms with Gasteiger partial charge in [-0.3, -0.25) is 0 Å². The van der Waals surface area contributed by atoms with Gasteiger partial charge in [-0.2, -0.15) is 0 Å². The van der Waals surface area contributed by atoms with E-state index in [1.807, 2.05) is 6.07 Å². The quantitative estimate of drug-likeness (QED) is 0.755. The number of rotatable bonds is 3. The molecule has 3 N–H and O–H groups in total. The molecular formula is C13H15FN2O2. The van der Waals surface area contributed by atoms with Gasteiger partial charge < -0.3 is 15.7 Å². The molecule has 0 bridgehead atoms. The molecule has 1 heterocycles. The third kappa shape index (κ3) is 1.50. The molecule has 5 heteroatoms. The first-order valence-corrected chi connectivity index (χ1v) is 6.09. The normalized spacial score (nSPS) is 32.9. The molecule has 2 fully saturated rings. The number of carbonyl (C=O) groups is 1. The molecular weight excluding hydrogens is 235 g/mol. The Balaban J connectivity index is 1.92. The fraction of sp³-hybridized carbons (Fsp3) is 0.462. The zero-order chi connectivity index (χ0) is 12.8. The molecule has 0 spiro atoms. The van der Waals surface area contributed by atoms with E-state index in [4.69, 9.17) is 5.11 Å². The second kappa shape index (κ2) is 3.95. The number of hydrogen-bond donors (Lipinski definition) is 3. The van der Waals surface area contributed by atoms with Crippen LogP contribution in [0.15, 0.2) is 24.3 Å². The minimum absolute atomic E-state index is 0.237. The number of benzene rings is 1. The molecule has 0 aromatic heterocycles. The van der Waals surface area contributed by atoms with E-state index in [9.17, 15) is 9.18 Å². The van der Waals surface area contributed by atoms with E-state index in [0.717, 1.165) is 13.1 Å². The van der Waals surface area contributed by atoms with Gasteiger partial charge in [0.25, 0.3) is 0 Å². The second-order valence-corrected chi connectivity index (χ2v) is 5.05. The lowest BCUT2D eigenvalue weighted by atomic mass is 9.89. The van der Waals surface area contributed by atoms with Crippen LogP contribution in [0.25, 0.3) is 0 Å². The molecule has 1 saturated heterocycles. The summed E-state index contributed by atoms with van der Waals surface area (Å²) in [7, 11) is 0. The molecule has 2 aliphatic rings. The summed E-state index contributed by atoms with van der Waals surface area (Å²) in [6.45, 7) is 1.96. The summed E-state index contributed by atoms with van der Waals surface area (Å²) < 4.78 is 14.0. The summed E-state index contributed by atoms with van der Waals surface area (Å²) in [5.41, 5.74) is 0.296. The van der Waals surface area contributed by atoms with E-state index >= 15 is 0 Å². The molecule has 4 nitrogen and oxygen atoms in total. The van der Waals surface area contributed by atoms with Crippen molar-refractivity contribution in [3.05, 3.63) is 35.6 Å². The fourth-order valence-corrected chi connectivity index (χ4v) is 3.47. The van der Waals surface area contributed by atoms with Crippen molar-refractivity contribution in [3.8, 4) is 0 Å². The van der Waals surface area contributed by atoms with Crippen LogP contribution in [0.1, 0.15) is 5.56 Å². The van der Waals surface area contributed by atoms with Crippen molar-refractivity contribution in [1.82, 2.24) is 10.6 Å². The van der Waals surface area contributed by atoms with Gasteiger partial charge >= 0.3 is 6.09 Å². The van der Waals surface area contributed by atoms with Crippen molar-refractivity contribution in [1.29, 1.82) is 0 Å². The Morgan fingerprint density at radius 1 is 1.44 bits per heavy atom. The summed E-state index contributed by atoms with van der Waals surface area (Å²) in [5.74, 6) is 0.432. The van der Waals surface area contributed by atoms with Crippen molar-refractivity contribution < 1.29 is 14.3 Å². The second-order valence-electron chi connectivity index (χ2n) is 5.05. The van der Waals surface area contributed by atoms with Crippen LogP contribution in [0.3, 0.4) is 0 Å². The predicted octanol–water partition coefficient (Wildman–Crippen LogP) is 1.18. The first-order chi connectivity index (χ1) is 8.66. The Morgan fingerprint density at radius 2 is 2.11 bits per heavy atom. The number of hydrogen-bond acceptors (Lipinski definition) is 2. The molecule has 1 aliphatic heterocycles. The van der Waals surface area contributed by atoms with Gasteiger partial charge in [-0.1, -0.05) is 18.2 Å². The van der Waals surface area contributed by atoms with Crippen molar-refractivity contribution in [2.75, 3.05) is 19.6 Å². The van der Waals surface area contributed by atoms with Crippen molar-refractivity contribution in [3.63, 3.8) is 0 Å². The Labute approximate surface area is 104 Å². The van der Waals surface area contributed by atoms with Crippen LogP contribution in [0, 0.1) is 17.7 Å². The van der Waals surface area contributed by atoms with Gasteiger partial charge in [0, 0.05) is 12.0 Å². The van der Waals surface area contributed by atoms with Gasteiger partial charge in [-0.15, -0.1) is 0 Å². The third-order valence-corrected chi connectivity index (χ3v) is 4.34. The van der Waals surface area contributed by atoms with Crippen LogP contribution < -0.4 is 10.6 Å². The van der Waals surface area contributed by atoms with Crippen LogP contribution in [-0.4, -0.2) is 30.8 Å². The van der Waals surface area contributed by atoms with Crippen LogP contribution in [0.2, 0.25) is 0 Å². The molecule has 1 aromatic rings. The smallest absolute Gasteiger partial charge is 0.404 e. The minimum atomic E-state index is -1.05. The zero-order valence-corrected chi connectivity index (χ0v) is 9.82. The molecule has 1 saturated carbocycles. The van der Waals surface area contributed by atoms with Gasteiger partial charge in [0.2, 0.25) is 0 Å². The Morgan fingerprint density at radius 3 is 2.72 bits per heavy atom. The van der Waals surface area contributed by atoms with Crippen LogP contribution in [0.4, 0.5) is 9.18 Å². The maximum atomic E-state index is 14.0. The fourth-order valence-electron chi connectivity index (χ4n) is 3.47. The highest BCUT2D eigenvalue weighted by Crippen LogP contribution is 2.61. The van der Waals surface area contributed by atoms with E-state index in [1.54, 1.807) is 12.1 Å². The number of piperidine rings is 1. The van der Waals surface area contributed by atoms with Gasteiger partial charge in [-0.05, 0) is 36.6 Å². The van der Waals surface area contributed by atoms with E-state index < -0.39 is 6.09 Å². The van der Waals surface area contributed by atoms with E-state index in [-0.39, 0.29) is 11.2 Å². The molecule has 1 unspecified atom stereocenters. The number of carboxylic acid groups (broad SMARTS) is 1. The van der Waals surface area contributed by atoms with Crippen molar-refractivity contribution >= 4 is 6.09 Å². The van der Waals surface area contributed by atoms with E-state index in [1.165, 1.54) is 6.07 Å². The van der Waals surface area contributed by atoms with E-state index in [2.05, 4.69) is 10.6 Å². The highest BCUT2D eigenvalue weighted by molar-refractivity contribution is 5.65. The molecule has 18 heavy (non-hydrogen) atoms. The van der Waals surface area contributed by atoms with E-state index in [0.29, 0.717) is 23.9 Å². The summed E-state index contributed by atoms with van der Waals surface area (Å²) >= 11 is 0. The van der Waals surface area contributed by atoms with Crippen LogP contribution in [-0.2, 0) is 5.41 Å². The molecule has 1 amide bonds. The van der Waals surface area contributed by atoms with Crippen LogP contribution >= 0.6 is 0 Å². The molecule has 1 aliphatic carbocycles. The molecule has 3 rings (SSSR count). The summed E-state index contributed by atoms with van der Waals surface area (Å²) in [4.78, 5) is 10.7. The number of amides is 1. The lowest BCUT2D eigenvalue weighted by molar-refractivity contribution is 0.192. The summed E-state index contributed by atoms with van der Waals surface area (Å²) in [6.07, 6.45) is -1.05. The first-order valence-electron chi connectivity index (χ1n) is 6.09. The van der Waals surface area contributed by atoms with Gasteiger partial charge in [-0.25, -0.2) is 9.18 Å². The Kier molecular flexibility index (Phi) is 2.52. The van der Waals surface area contributed by atoms with Crippen molar-refractivity contribution in [2.24, 2.45) is 11.8 Å². The maximum Gasteiger partial charge on any atom is 0.404 e. The summed E-state index contributed by atoms with van der Waals surface area (Å²) in [5, 5.41) is 14.4. The molecule has 96 valence electrons. The van der Waals surface area contributed by atoms with Crippen LogP contribution in [0.5, 0.6) is 0 Å². The predicted molar refractivity (Wildman–Crippen MR) is 64.0 cm³/mol. The van der Waals surface area contributed by atoms with Gasteiger partial charge in [0.1, 0.15) is 5.82 Å².